The lowest BCUT2D eigenvalue weighted by Gasteiger charge is -2.10. The van der Waals surface area contributed by atoms with Gasteiger partial charge >= 0.3 is 5.97 Å². The summed E-state index contributed by atoms with van der Waals surface area (Å²) in [5.74, 6) is -0.324. The number of benzene rings is 2. The monoisotopic (exact) mass is 386 g/mol. The molecule has 1 amide bonds. The minimum atomic E-state index is -0.676. The zero-order chi connectivity index (χ0) is 20.7. The Balaban J connectivity index is 1.93. The number of nitrogens with one attached hydrogen (secondary N) is 1. The molecule has 28 heavy (non-hydrogen) atoms. The minimum Gasteiger partial charge on any atom is -0.493 e. The van der Waals surface area contributed by atoms with Gasteiger partial charge in [-0.25, -0.2) is 4.79 Å². The predicted molar refractivity (Wildman–Crippen MR) is 104 cm³/mol. The molecule has 2 rings (SSSR count). The number of nitro benzene ring substituents is 1. The number of hydrogen-bond donors (Lipinski definition) is 1. The molecule has 0 unspecified atom stereocenters. The van der Waals surface area contributed by atoms with Crippen LogP contribution in [0, 0.1) is 23.0 Å². The molecule has 0 heterocycles. The van der Waals surface area contributed by atoms with Crippen molar-refractivity contribution < 1.29 is 24.0 Å². The third kappa shape index (κ3) is 5.80. The Bertz CT molecular complexity index is 861. The average Bonchev–Trinajstić information content (AvgIpc) is 2.66. The van der Waals surface area contributed by atoms with Gasteiger partial charge in [0.15, 0.2) is 6.61 Å². The third-order valence-corrected chi connectivity index (χ3v) is 3.72. The second-order valence-corrected chi connectivity index (χ2v) is 6.58. The molecule has 148 valence electrons. The van der Waals surface area contributed by atoms with Gasteiger partial charge in [0.2, 0.25) is 0 Å². The maximum Gasteiger partial charge on any atom is 0.338 e. The lowest BCUT2D eigenvalue weighted by atomic mass is 10.1. The fraction of sp³-hybridized carbons (Fsp3) is 0.300. The van der Waals surface area contributed by atoms with Crippen molar-refractivity contribution in [2.45, 2.75) is 20.8 Å². The summed E-state index contributed by atoms with van der Waals surface area (Å²) in [6, 6.07) is 10.8. The van der Waals surface area contributed by atoms with Crippen molar-refractivity contribution >= 4 is 23.3 Å². The highest BCUT2D eigenvalue weighted by Crippen LogP contribution is 2.27. The van der Waals surface area contributed by atoms with Crippen molar-refractivity contribution in [3.8, 4) is 5.75 Å². The zero-order valence-electron chi connectivity index (χ0n) is 15.9. The van der Waals surface area contributed by atoms with E-state index < -0.39 is 23.4 Å². The van der Waals surface area contributed by atoms with E-state index in [-0.39, 0.29) is 16.9 Å². The van der Waals surface area contributed by atoms with Crippen LogP contribution < -0.4 is 10.1 Å². The molecule has 0 atom stereocenters. The molecule has 8 heteroatoms. The molecule has 8 nitrogen and oxygen atoms in total. The predicted octanol–water partition coefficient (Wildman–Crippen LogP) is 3.73. The lowest BCUT2D eigenvalue weighted by Crippen LogP contribution is -2.22. The first-order chi connectivity index (χ1) is 13.3. The van der Waals surface area contributed by atoms with Crippen LogP contribution in [0.25, 0.3) is 0 Å². The maximum atomic E-state index is 12.1. The average molecular weight is 386 g/mol. The van der Waals surface area contributed by atoms with Crippen LogP contribution in [0.15, 0.2) is 42.5 Å². The van der Waals surface area contributed by atoms with Crippen molar-refractivity contribution in [3.05, 3.63) is 63.7 Å². The summed E-state index contributed by atoms with van der Waals surface area (Å²) in [5.41, 5.74) is 0.661. The number of nitro groups is 1. The van der Waals surface area contributed by atoms with Crippen LogP contribution in [0.4, 0.5) is 11.4 Å². The van der Waals surface area contributed by atoms with Crippen molar-refractivity contribution in [3.63, 3.8) is 0 Å². The normalized spacial score (nSPS) is 10.4. The lowest BCUT2D eigenvalue weighted by molar-refractivity contribution is -0.384. The van der Waals surface area contributed by atoms with Crippen LogP contribution in [0.5, 0.6) is 5.75 Å². The van der Waals surface area contributed by atoms with Crippen LogP contribution in [0.2, 0.25) is 0 Å². The highest BCUT2D eigenvalue weighted by Gasteiger charge is 2.18. The van der Waals surface area contributed by atoms with E-state index in [1.165, 1.54) is 12.1 Å². The van der Waals surface area contributed by atoms with E-state index in [1.807, 2.05) is 13.8 Å². The number of carbonyl (C=O) groups excluding carboxylic acids is 2. The Morgan fingerprint density at radius 1 is 1.14 bits per heavy atom. The zero-order valence-corrected chi connectivity index (χ0v) is 15.9. The van der Waals surface area contributed by atoms with E-state index in [0.717, 1.165) is 0 Å². The van der Waals surface area contributed by atoms with Gasteiger partial charge in [-0.2, -0.15) is 0 Å². The van der Waals surface area contributed by atoms with Crippen LogP contribution in [-0.4, -0.2) is 30.0 Å². The van der Waals surface area contributed by atoms with Gasteiger partial charge in [0.1, 0.15) is 11.4 Å². The number of ether oxygens (including phenoxy) is 2. The molecule has 0 spiro atoms. The number of para-hydroxylation sites is 1. The van der Waals surface area contributed by atoms with Crippen molar-refractivity contribution in [1.82, 2.24) is 0 Å². The molecule has 1 N–H and O–H groups in total. The van der Waals surface area contributed by atoms with Crippen LogP contribution in [0.1, 0.15) is 29.8 Å². The van der Waals surface area contributed by atoms with Crippen LogP contribution >= 0.6 is 0 Å². The third-order valence-electron chi connectivity index (χ3n) is 3.72. The molecule has 0 aliphatic rings. The molecule has 2 aromatic carbocycles. The van der Waals surface area contributed by atoms with Gasteiger partial charge in [0, 0.05) is 6.07 Å². The van der Waals surface area contributed by atoms with Gasteiger partial charge in [-0.15, -0.1) is 0 Å². The first-order valence-electron chi connectivity index (χ1n) is 8.71. The second-order valence-electron chi connectivity index (χ2n) is 6.58. The number of nitrogens with zero attached hydrogens (tertiary/aromatic N) is 1. The highest BCUT2D eigenvalue weighted by atomic mass is 16.6. The Morgan fingerprint density at radius 3 is 2.43 bits per heavy atom. The molecular formula is C20H22N2O6. The van der Waals surface area contributed by atoms with E-state index in [1.54, 1.807) is 37.3 Å². The van der Waals surface area contributed by atoms with Crippen molar-refractivity contribution in [1.29, 1.82) is 0 Å². The van der Waals surface area contributed by atoms with Crippen LogP contribution in [0.3, 0.4) is 0 Å². The summed E-state index contributed by atoms with van der Waals surface area (Å²) in [5, 5.41) is 13.5. The van der Waals surface area contributed by atoms with Gasteiger partial charge < -0.3 is 14.8 Å². The van der Waals surface area contributed by atoms with Crippen molar-refractivity contribution in [2.75, 3.05) is 18.5 Å². The van der Waals surface area contributed by atoms with Gasteiger partial charge in [0.05, 0.1) is 17.1 Å². The Kier molecular flexibility index (Phi) is 7.08. The Morgan fingerprint density at radius 2 is 1.82 bits per heavy atom. The van der Waals surface area contributed by atoms with Crippen molar-refractivity contribution in [2.24, 2.45) is 5.92 Å². The topological polar surface area (TPSA) is 108 Å². The number of hydrogen-bond acceptors (Lipinski definition) is 6. The molecule has 0 bridgehead atoms. The fourth-order valence-electron chi connectivity index (χ4n) is 2.31. The summed E-state index contributed by atoms with van der Waals surface area (Å²) in [4.78, 5) is 34.6. The minimum absolute atomic E-state index is 0.0835. The summed E-state index contributed by atoms with van der Waals surface area (Å²) in [6.45, 7) is 5.70. The van der Waals surface area contributed by atoms with Gasteiger partial charge in [0.25, 0.3) is 11.6 Å². The van der Waals surface area contributed by atoms with E-state index in [4.69, 9.17) is 9.47 Å². The number of aryl methyl sites for hydroxylation is 1. The molecule has 0 radical (unpaired) electrons. The molecule has 0 aliphatic carbocycles. The number of anilines is 1. The quantitative estimate of drug-likeness (QED) is 0.421. The highest BCUT2D eigenvalue weighted by molar-refractivity contribution is 5.97. The molecule has 0 saturated carbocycles. The molecule has 0 aliphatic heterocycles. The Labute approximate surface area is 162 Å². The smallest absolute Gasteiger partial charge is 0.338 e. The number of amides is 1. The molecule has 0 aromatic heterocycles. The first kappa shape index (κ1) is 20.9. The largest absolute Gasteiger partial charge is 0.493 e. The Hall–Kier alpha value is -3.42. The van der Waals surface area contributed by atoms with E-state index in [0.29, 0.717) is 23.8 Å². The number of esters is 1. The fourth-order valence-corrected chi connectivity index (χ4v) is 2.31. The standard InChI is InChI=1S/C20H22N2O6/c1-13(2)11-27-16-9-7-15(8-10-16)20(24)28-12-18(23)21-19-14(3)5-4-6-17(19)22(25)26/h4-10,13H,11-12H2,1-3H3,(H,21,23). The molecule has 2 aromatic rings. The molecular weight excluding hydrogens is 364 g/mol. The van der Waals surface area contributed by atoms with Gasteiger partial charge in [-0.05, 0) is 42.7 Å². The second kappa shape index (κ2) is 9.50. The molecule has 0 saturated heterocycles. The molecule has 0 fully saturated rings. The van der Waals surface area contributed by atoms with E-state index in [2.05, 4.69) is 5.32 Å². The van der Waals surface area contributed by atoms with Gasteiger partial charge in [-0.1, -0.05) is 26.0 Å². The van der Waals surface area contributed by atoms with Crippen LogP contribution in [-0.2, 0) is 9.53 Å². The summed E-state index contributed by atoms with van der Waals surface area (Å²) < 4.78 is 10.5. The van der Waals surface area contributed by atoms with Gasteiger partial charge in [-0.3, -0.25) is 14.9 Å². The first-order valence-corrected chi connectivity index (χ1v) is 8.71. The van der Waals surface area contributed by atoms with E-state index in [9.17, 15) is 19.7 Å². The number of rotatable bonds is 8. The SMILES string of the molecule is Cc1cccc([N+](=O)[O-])c1NC(=O)COC(=O)c1ccc(OCC(C)C)cc1. The number of carbonyl (C=O) groups is 2. The summed E-state index contributed by atoms with van der Waals surface area (Å²) in [6.07, 6.45) is 0. The maximum absolute atomic E-state index is 12.1. The summed E-state index contributed by atoms with van der Waals surface area (Å²) in [7, 11) is 0. The van der Waals surface area contributed by atoms with E-state index >= 15 is 0 Å². The summed E-state index contributed by atoms with van der Waals surface area (Å²) >= 11 is 0.